The monoisotopic (exact) mass is 293 g/mol. The van der Waals surface area contributed by atoms with E-state index in [9.17, 15) is 4.79 Å². The van der Waals surface area contributed by atoms with Crippen molar-refractivity contribution < 1.29 is 9.53 Å². The van der Waals surface area contributed by atoms with Crippen molar-refractivity contribution in [3.8, 4) is 0 Å². The van der Waals surface area contributed by atoms with Gasteiger partial charge in [0.2, 0.25) is 5.95 Å². The second kappa shape index (κ2) is 7.78. The molecule has 0 aliphatic carbocycles. The van der Waals surface area contributed by atoms with Crippen LogP contribution in [0.2, 0.25) is 0 Å². The van der Waals surface area contributed by atoms with Gasteiger partial charge in [-0.2, -0.15) is 4.98 Å². The number of carbonyl (C=O) groups excluding carboxylic acids is 1. The van der Waals surface area contributed by atoms with Crippen molar-refractivity contribution in [3.63, 3.8) is 0 Å². The largest absolute Gasteiger partial charge is 0.466 e. The Morgan fingerprint density at radius 1 is 1.52 bits per heavy atom. The lowest BCUT2D eigenvalue weighted by molar-refractivity contribution is -0.148. The highest BCUT2D eigenvalue weighted by atomic mass is 16.5. The average molecular weight is 293 g/mol. The van der Waals surface area contributed by atoms with Crippen LogP contribution in [-0.4, -0.2) is 48.7 Å². The minimum Gasteiger partial charge on any atom is -0.466 e. The molecule has 7 heteroatoms. The quantitative estimate of drug-likeness (QED) is 0.743. The van der Waals surface area contributed by atoms with E-state index in [0.717, 1.165) is 31.7 Å². The molecule has 0 amide bonds. The van der Waals surface area contributed by atoms with Crippen LogP contribution in [-0.2, 0) is 9.53 Å². The first-order chi connectivity index (χ1) is 10.2. The van der Waals surface area contributed by atoms with Gasteiger partial charge in [0.25, 0.3) is 0 Å². The number of hydrogen-bond acceptors (Lipinski definition) is 7. The first kappa shape index (κ1) is 15.5. The zero-order valence-corrected chi connectivity index (χ0v) is 12.4. The number of anilines is 2. The molecule has 1 fully saturated rings. The Hall–Kier alpha value is -1.89. The molecule has 0 atom stereocenters. The van der Waals surface area contributed by atoms with E-state index >= 15 is 0 Å². The average Bonchev–Trinajstić information content (AvgIpc) is 2.53. The van der Waals surface area contributed by atoms with E-state index in [0.29, 0.717) is 25.6 Å². The van der Waals surface area contributed by atoms with Crippen molar-refractivity contribution in [2.24, 2.45) is 11.7 Å². The Kier molecular flexibility index (Phi) is 5.74. The smallest absolute Gasteiger partial charge is 0.309 e. The fourth-order valence-electron chi connectivity index (χ4n) is 2.40. The molecule has 1 aliphatic rings. The van der Waals surface area contributed by atoms with Crippen molar-refractivity contribution in [2.45, 2.75) is 19.8 Å². The Balaban J connectivity index is 1.91. The third-order valence-electron chi connectivity index (χ3n) is 3.51. The molecule has 0 spiro atoms. The molecule has 1 aliphatic heterocycles. The van der Waals surface area contributed by atoms with Crippen LogP contribution >= 0.6 is 0 Å². The summed E-state index contributed by atoms with van der Waals surface area (Å²) in [5.74, 6) is 1.40. The van der Waals surface area contributed by atoms with Crippen molar-refractivity contribution in [1.82, 2.24) is 9.97 Å². The fourth-order valence-corrected chi connectivity index (χ4v) is 2.40. The third kappa shape index (κ3) is 4.29. The molecular formula is C14H23N5O2. The number of rotatable bonds is 6. The molecule has 0 aromatic carbocycles. The molecule has 2 heterocycles. The predicted octanol–water partition coefficient (Wildman–Crippen LogP) is 0.627. The molecule has 1 aromatic rings. The van der Waals surface area contributed by atoms with Crippen molar-refractivity contribution in [2.75, 3.05) is 43.0 Å². The number of nitrogens with two attached hydrogens (primary N) is 1. The van der Waals surface area contributed by atoms with Crippen molar-refractivity contribution in [1.29, 1.82) is 0 Å². The number of ether oxygens (including phenoxy) is 1. The van der Waals surface area contributed by atoms with Gasteiger partial charge in [-0.25, -0.2) is 4.98 Å². The van der Waals surface area contributed by atoms with Crippen LogP contribution in [0.25, 0.3) is 0 Å². The SMILES string of the molecule is CCOC(=O)C1CCN(c2ccnc(NCCN)n2)CC1. The Morgan fingerprint density at radius 3 is 2.95 bits per heavy atom. The molecule has 0 saturated carbocycles. The second-order valence-corrected chi connectivity index (χ2v) is 4.97. The zero-order chi connectivity index (χ0) is 15.1. The first-order valence-electron chi connectivity index (χ1n) is 7.43. The summed E-state index contributed by atoms with van der Waals surface area (Å²) in [6, 6.07) is 1.89. The number of hydrogen-bond donors (Lipinski definition) is 2. The lowest BCUT2D eigenvalue weighted by Gasteiger charge is -2.31. The van der Waals surface area contributed by atoms with E-state index < -0.39 is 0 Å². The summed E-state index contributed by atoms with van der Waals surface area (Å²) in [5.41, 5.74) is 5.45. The van der Waals surface area contributed by atoms with Crippen LogP contribution in [0.15, 0.2) is 12.3 Å². The van der Waals surface area contributed by atoms with Gasteiger partial charge in [0.05, 0.1) is 12.5 Å². The number of nitrogens with zero attached hydrogens (tertiary/aromatic N) is 3. The Labute approximate surface area is 124 Å². The van der Waals surface area contributed by atoms with E-state index in [1.54, 1.807) is 6.20 Å². The maximum atomic E-state index is 11.7. The second-order valence-electron chi connectivity index (χ2n) is 4.97. The summed E-state index contributed by atoms with van der Waals surface area (Å²) in [6.45, 7) is 5.07. The zero-order valence-electron chi connectivity index (χ0n) is 12.4. The minimum absolute atomic E-state index is 0.0119. The van der Waals surface area contributed by atoms with Gasteiger partial charge in [-0.15, -0.1) is 0 Å². The van der Waals surface area contributed by atoms with Gasteiger partial charge >= 0.3 is 5.97 Å². The first-order valence-corrected chi connectivity index (χ1v) is 7.43. The van der Waals surface area contributed by atoms with E-state index in [4.69, 9.17) is 10.5 Å². The molecule has 2 rings (SSSR count). The molecular weight excluding hydrogens is 270 g/mol. The molecule has 0 unspecified atom stereocenters. The Morgan fingerprint density at radius 2 is 2.29 bits per heavy atom. The molecule has 21 heavy (non-hydrogen) atoms. The highest BCUT2D eigenvalue weighted by Crippen LogP contribution is 2.23. The minimum atomic E-state index is -0.0786. The van der Waals surface area contributed by atoms with Gasteiger partial charge in [-0.3, -0.25) is 4.79 Å². The molecule has 0 bridgehead atoms. The van der Waals surface area contributed by atoms with Crippen LogP contribution in [0, 0.1) is 5.92 Å². The Bertz CT molecular complexity index is 460. The van der Waals surface area contributed by atoms with Crippen molar-refractivity contribution >= 4 is 17.7 Å². The van der Waals surface area contributed by atoms with E-state index in [1.807, 2.05) is 13.0 Å². The van der Waals surface area contributed by atoms with Gasteiger partial charge in [0, 0.05) is 32.4 Å². The van der Waals surface area contributed by atoms with Gasteiger partial charge < -0.3 is 20.7 Å². The fraction of sp³-hybridized carbons (Fsp3) is 0.643. The highest BCUT2D eigenvalue weighted by Gasteiger charge is 2.26. The summed E-state index contributed by atoms with van der Waals surface area (Å²) < 4.78 is 5.08. The summed E-state index contributed by atoms with van der Waals surface area (Å²) in [5, 5.41) is 3.07. The molecule has 1 saturated heterocycles. The lowest BCUT2D eigenvalue weighted by Crippen LogP contribution is -2.37. The number of carbonyl (C=O) groups is 1. The number of piperidine rings is 1. The van der Waals surface area contributed by atoms with E-state index in [2.05, 4.69) is 20.2 Å². The molecule has 7 nitrogen and oxygen atoms in total. The number of aromatic nitrogens is 2. The number of nitrogens with one attached hydrogen (secondary N) is 1. The third-order valence-corrected chi connectivity index (χ3v) is 3.51. The number of esters is 1. The van der Waals surface area contributed by atoms with Crippen molar-refractivity contribution in [3.05, 3.63) is 12.3 Å². The maximum absolute atomic E-state index is 11.7. The normalized spacial score (nSPS) is 15.8. The summed E-state index contributed by atoms with van der Waals surface area (Å²) in [7, 11) is 0. The molecule has 116 valence electrons. The molecule has 3 N–H and O–H groups in total. The summed E-state index contributed by atoms with van der Waals surface area (Å²) in [6.07, 6.45) is 3.33. The highest BCUT2D eigenvalue weighted by molar-refractivity contribution is 5.72. The van der Waals surface area contributed by atoms with Gasteiger partial charge in [-0.05, 0) is 25.8 Å². The van der Waals surface area contributed by atoms with Crippen LogP contribution < -0.4 is 16.0 Å². The maximum Gasteiger partial charge on any atom is 0.309 e. The standard InChI is InChI=1S/C14H23N5O2/c1-2-21-13(20)11-4-9-19(10-5-11)12-3-7-16-14(18-12)17-8-6-15/h3,7,11H,2,4-6,8-10,15H2,1H3,(H,16,17,18). The van der Waals surface area contributed by atoms with Gasteiger partial charge in [-0.1, -0.05) is 0 Å². The van der Waals surface area contributed by atoms with Crippen LogP contribution in [0.1, 0.15) is 19.8 Å². The molecule has 1 aromatic heterocycles. The van der Waals surface area contributed by atoms with Gasteiger partial charge in [0.1, 0.15) is 5.82 Å². The van der Waals surface area contributed by atoms with Gasteiger partial charge in [0.15, 0.2) is 0 Å². The van der Waals surface area contributed by atoms with Crippen LogP contribution in [0.3, 0.4) is 0 Å². The molecule has 0 radical (unpaired) electrons. The van der Waals surface area contributed by atoms with E-state index in [1.165, 1.54) is 0 Å². The lowest BCUT2D eigenvalue weighted by atomic mass is 9.97. The summed E-state index contributed by atoms with van der Waals surface area (Å²) in [4.78, 5) is 22.5. The van der Waals surface area contributed by atoms with Crippen LogP contribution in [0.5, 0.6) is 0 Å². The van der Waals surface area contributed by atoms with E-state index in [-0.39, 0.29) is 11.9 Å². The van der Waals surface area contributed by atoms with Crippen LogP contribution in [0.4, 0.5) is 11.8 Å². The topological polar surface area (TPSA) is 93.4 Å². The summed E-state index contributed by atoms with van der Waals surface area (Å²) >= 11 is 0. The predicted molar refractivity (Wildman–Crippen MR) is 81.1 cm³/mol.